The molecule has 0 bridgehead atoms. The zero-order valence-corrected chi connectivity index (χ0v) is 15.8. The second-order valence-electron chi connectivity index (χ2n) is 6.02. The van der Waals surface area contributed by atoms with E-state index in [2.05, 4.69) is 10.3 Å². The third-order valence-electron chi connectivity index (χ3n) is 4.16. The standard InChI is InChI=1S/C19H17Cl2N3O2/c1-11(14-8-7-13(20)9-16(14)21)22-18(25)10-24-12(2)23-17-6-4-3-5-15(17)19(24)26/h3-9,11H,10H2,1-2H3,(H,22,25)/t11-/m1/s1. The monoisotopic (exact) mass is 389 g/mol. The number of hydrogen-bond acceptors (Lipinski definition) is 3. The predicted octanol–water partition coefficient (Wildman–Crippen LogP) is 3.89. The number of halogens is 2. The maximum Gasteiger partial charge on any atom is 0.261 e. The minimum Gasteiger partial charge on any atom is -0.348 e. The van der Waals surface area contributed by atoms with E-state index in [9.17, 15) is 9.59 Å². The van der Waals surface area contributed by atoms with Crippen molar-refractivity contribution in [3.8, 4) is 0 Å². The van der Waals surface area contributed by atoms with E-state index in [4.69, 9.17) is 23.2 Å². The van der Waals surface area contributed by atoms with E-state index in [-0.39, 0.29) is 24.1 Å². The van der Waals surface area contributed by atoms with E-state index in [0.29, 0.717) is 26.8 Å². The molecule has 134 valence electrons. The third kappa shape index (κ3) is 3.74. The van der Waals surface area contributed by atoms with E-state index < -0.39 is 0 Å². The summed E-state index contributed by atoms with van der Waals surface area (Å²) in [6.07, 6.45) is 0. The summed E-state index contributed by atoms with van der Waals surface area (Å²) in [5.41, 5.74) is 1.14. The summed E-state index contributed by atoms with van der Waals surface area (Å²) < 4.78 is 1.37. The second-order valence-corrected chi connectivity index (χ2v) is 6.87. The van der Waals surface area contributed by atoms with Gasteiger partial charge >= 0.3 is 0 Å². The summed E-state index contributed by atoms with van der Waals surface area (Å²) in [5, 5.41) is 4.35. The fourth-order valence-corrected chi connectivity index (χ4v) is 3.40. The Morgan fingerprint density at radius 2 is 1.96 bits per heavy atom. The molecule has 1 aromatic heterocycles. The summed E-state index contributed by atoms with van der Waals surface area (Å²) in [7, 11) is 0. The van der Waals surface area contributed by atoms with Crippen molar-refractivity contribution in [2.24, 2.45) is 0 Å². The number of carbonyl (C=O) groups excluding carboxylic acids is 1. The van der Waals surface area contributed by atoms with Crippen LogP contribution in [0.5, 0.6) is 0 Å². The lowest BCUT2D eigenvalue weighted by Crippen LogP contribution is -2.35. The van der Waals surface area contributed by atoms with Gasteiger partial charge in [-0.2, -0.15) is 0 Å². The molecule has 1 heterocycles. The van der Waals surface area contributed by atoms with Gasteiger partial charge in [0, 0.05) is 10.0 Å². The number of hydrogen-bond donors (Lipinski definition) is 1. The topological polar surface area (TPSA) is 64.0 Å². The van der Waals surface area contributed by atoms with Crippen molar-refractivity contribution in [3.63, 3.8) is 0 Å². The molecule has 2 aromatic carbocycles. The van der Waals surface area contributed by atoms with Crippen LogP contribution in [0.2, 0.25) is 10.0 Å². The van der Waals surface area contributed by atoms with Gasteiger partial charge in [-0.3, -0.25) is 14.2 Å². The highest BCUT2D eigenvalue weighted by molar-refractivity contribution is 6.35. The normalized spacial score (nSPS) is 12.2. The lowest BCUT2D eigenvalue weighted by atomic mass is 10.1. The Bertz CT molecular complexity index is 1050. The molecule has 26 heavy (non-hydrogen) atoms. The first kappa shape index (κ1) is 18.4. The molecule has 0 saturated heterocycles. The molecule has 3 rings (SSSR count). The predicted molar refractivity (Wildman–Crippen MR) is 104 cm³/mol. The molecule has 7 heteroatoms. The van der Waals surface area contributed by atoms with Crippen LogP contribution in [-0.4, -0.2) is 15.5 Å². The zero-order chi connectivity index (χ0) is 18.8. The smallest absolute Gasteiger partial charge is 0.261 e. The molecule has 1 atom stereocenters. The van der Waals surface area contributed by atoms with Gasteiger partial charge in [-0.25, -0.2) is 4.98 Å². The third-order valence-corrected chi connectivity index (χ3v) is 4.72. The van der Waals surface area contributed by atoms with Crippen molar-refractivity contribution in [2.75, 3.05) is 0 Å². The van der Waals surface area contributed by atoms with E-state index in [1.54, 1.807) is 43.3 Å². The molecule has 0 fully saturated rings. The Morgan fingerprint density at radius 1 is 1.23 bits per heavy atom. The lowest BCUT2D eigenvalue weighted by molar-refractivity contribution is -0.122. The SMILES string of the molecule is Cc1nc2ccccc2c(=O)n1CC(=O)N[C@H](C)c1ccc(Cl)cc1Cl. The van der Waals surface area contributed by atoms with Crippen LogP contribution in [0, 0.1) is 6.92 Å². The van der Waals surface area contributed by atoms with E-state index in [1.165, 1.54) is 4.57 Å². The van der Waals surface area contributed by atoms with Gasteiger partial charge in [-0.15, -0.1) is 0 Å². The van der Waals surface area contributed by atoms with Crippen LogP contribution in [0.4, 0.5) is 0 Å². The van der Waals surface area contributed by atoms with Crippen molar-refractivity contribution in [2.45, 2.75) is 26.4 Å². The Hall–Kier alpha value is -2.37. The average molecular weight is 390 g/mol. The summed E-state index contributed by atoms with van der Waals surface area (Å²) in [5.74, 6) is 0.187. The Labute approximate surface area is 160 Å². The molecule has 0 spiro atoms. The molecule has 0 aliphatic carbocycles. The van der Waals surface area contributed by atoms with Gasteiger partial charge in [0.05, 0.1) is 16.9 Å². The number of aromatic nitrogens is 2. The van der Waals surface area contributed by atoms with Crippen LogP contribution >= 0.6 is 23.2 Å². The van der Waals surface area contributed by atoms with Crippen LogP contribution in [0.1, 0.15) is 24.4 Å². The fraction of sp³-hybridized carbons (Fsp3) is 0.211. The summed E-state index contributed by atoms with van der Waals surface area (Å²) >= 11 is 12.1. The molecule has 1 N–H and O–H groups in total. The highest BCUT2D eigenvalue weighted by Gasteiger charge is 2.15. The van der Waals surface area contributed by atoms with Gasteiger partial charge in [-0.1, -0.05) is 41.4 Å². The van der Waals surface area contributed by atoms with Gasteiger partial charge in [0.2, 0.25) is 5.91 Å². The summed E-state index contributed by atoms with van der Waals surface area (Å²) in [6, 6.07) is 11.9. The van der Waals surface area contributed by atoms with Crippen LogP contribution in [0.25, 0.3) is 10.9 Å². The number of para-hydroxylation sites is 1. The van der Waals surface area contributed by atoms with Crippen LogP contribution in [-0.2, 0) is 11.3 Å². The number of aryl methyl sites for hydroxylation is 1. The number of nitrogens with zero attached hydrogens (tertiary/aromatic N) is 2. The van der Waals surface area contributed by atoms with Crippen LogP contribution in [0.3, 0.4) is 0 Å². The zero-order valence-electron chi connectivity index (χ0n) is 14.3. The molecular formula is C19H17Cl2N3O2. The first-order valence-corrected chi connectivity index (χ1v) is 8.83. The van der Waals surface area contributed by atoms with E-state index >= 15 is 0 Å². The fourth-order valence-electron chi connectivity index (χ4n) is 2.83. The van der Waals surface area contributed by atoms with Gasteiger partial charge in [-0.05, 0) is 43.7 Å². The number of rotatable bonds is 4. The van der Waals surface area contributed by atoms with Gasteiger partial charge < -0.3 is 5.32 Å². The Morgan fingerprint density at radius 3 is 2.69 bits per heavy atom. The number of nitrogens with one attached hydrogen (secondary N) is 1. The summed E-state index contributed by atoms with van der Waals surface area (Å²) in [6.45, 7) is 3.42. The van der Waals surface area contributed by atoms with Crippen molar-refractivity contribution in [1.82, 2.24) is 14.9 Å². The molecule has 0 radical (unpaired) electrons. The lowest BCUT2D eigenvalue weighted by Gasteiger charge is -2.17. The van der Waals surface area contributed by atoms with Crippen molar-refractivity contribution < 1.29 is 4.79 Å². The maximum atomic E-state index is 12.6. The molecule has 3 aromatic rings. The molecule has 1 amide bonds. The van der Waals surface area contributed by atoms with Crippen molar-refractivity contribution in [3.05, 3.63) is 74.3 Å². The first-order valence-electron chi connectivity index (χ1n) is 8.07. The molecule has 5 nitrogen and oxygen atoms in total. The first-order chi connectivity index (χ1) is 12.4. The Balaban J connectivity index is 1.82. The maximum absolute atomic E-state index is 12.6. The second kappa shape index (κ2) is 7.48. The highest BCUT2D eigenvalue weighted by atomic mass is 35.5. The number of fused-ring (bicyclic) bond motifs is 1. The van der Waals surface area contributed by atoms with Crippen LogP contribution < -0.4 is 10.9 Å². The van der Waals surface area contributed by atoms with Gasteiger partial charge in [0.1, 0.15) is 12.4 Å². The van der Waals surface area contributed by atoms with Gasteiger partial charge in [0.25, 0.3) is 5.56 Å². The minimum atomic E-state index is -0.323. The van der Waals surface area contributed by atoms with Crippen LogP contribution in [0.15, 0.2) is 47.3 Å². The molecule has 0 aliphatic rings. The number of amides is 1. The molecule has 0 saturated carbocycles. The molecule has 0 aliphatic heterocycles. The molecule has 0 unspecified atom stereocenters. The average Bonchev–Trinajstić information content (AvgIpc) is 2.58. The summed E-state index contributed by atoms with van der Waals surface area (Å²) in [4.78, 5) is 29.5. The quantitative estimate of drug-likeness (QED) is 0.735. The van der Waals surface area contributed by atoms with E-state index in [0.717, 1.165) is 5.56 Å². The number of carbonyl (C=O) groups is 1. The van der Waals surface area contributed by atoms with Gasteiger partial charge in [0.15, 0.2) is 0 Å². The minimum absolute atomic E-state index is 0.113. The van der Waals surface area contributed by atoms with Crippen molar-refractivity contribution >= 4 is 40.0 Å². The van der Waals surface area contributed by atoms with Crippen molar-refractivity contribution in [1.29, 1.82) is 0 Å². The molecular weight excluding hydrogens is 373 g/mol. The highest BCUT2D eigenvalue weighted by Crippen LogP contribution is 2.26. The van der Waals surface area contributed by atoms with E-state index in [1.807, 2.05) is 13.0 Å². The Kier molecular flexibility index (Phi) is 5.30. The largest absolute Gasteiger partial charge is 0.348 e. The number of benzene rings is 2.